The van der Waals surface area contributed by atoms with Crippen LogP contribution in [-0.4, -0.2) is 31.0 Å². The minimum Gasteiger partial charge on any atom is -0.487 e. The molecule has 0 bridgehead atoms. The lowest BCUT2D eigenvalue weighted by atomic mass is 10.1. The maximum Gasteiger partial charge on any atom is 0.272 e. The van der Waals surface area contributed by atoms with E-state index in [2.05, 4.69) is 20.8 Å². The summed E-state index contributed by atoms with van der Waals surface area (Å²) in [7, 11) is 0. The molecule has 1 aliphatic heterocycles. The highest BCUT2D eigenvalue weighted by Crippen LogP contribution is 2.26. The lowest BCUT2D eigenvalue weighted by Gasteiger charge is -2.27. The summed E-state index contributed by atoms with van der Waals surface area (Å²) in [6.07, 6.45) is 1.26. The van der Waals surface area contributed by atoms with E-state index in [1.807, 2.05) is 12.1 Å². The van der Waals surface area contributed by atoms with Crippen LogP contribution in [0.15, 0.2) is 22.7 Å². The quantitative estimate of drug-likeness (QED) is 0.805. The molecule has 2 rings (SSSR count). The van der Waals surface area contributed by atoms with Gasteiger partial charge in [0, 0.05) is 16.6 Å². The van der Waals surface area contributed by atoms with Crippen LogP contribution >= 0.6 is 15.9 Å². The van der Waals surface area contributed by atoms with Crippen molar-refractivity contribution in [2.75, 3.05) is 19.7 Å². The van der Waals surface area contributed by atoms with E-state index in [1.54, 1.807) is 6.07 Å². The summed E-state index contributed by atoms with van der Waals surface area (Å²) in [4.78, 5) is 2.35. The van der Waals surface area contributed by atoms with Gasteiger partial charge in [-0.25, -0.2) is 8.78 Å². The number of hydrogen-bond acceptors (Lipinski definition) is 2. The number of hydrogen-bond donors (Lipinski definition) is 0. The molecular formula is C14H18BrF2NO. The molecule has 106 valence electrons. The van der Waals surface area contributed by atoms with Gasteiger partial charge in [0.25, 0.3) is 6.43 Å². The number of alkyl halides is 2. The third-order valence-corrected chi connectivity index (χ3v) is 3.72. The topological polar surface area (TPSA) is 12.5 Å². The second kappa shape index (κ2) is 7.20. The molecule has 0 N–H and O–H groups in total. The van der Waals surface area contributed by atoms with E-state index in [9.17, 15) is 8.78 Å². The summed E-state index contributed by atoms with van der Waals surface area (Å²) in [5.41, 5.74) is 0.969. The summed E-state index contributed by atoms with van der Waals surface area (Å²) in [6, 6.07) is 5.53. The van der Waals surface area contributed by atoms with Crippen molar-refractivity contribution in [1.29, 1.82) is 0 Å². The Kier molecular flexibility index (Phi) is 5.58. The Hall–Kier alpha value is -0.680. The van der Waals surface area contributed by atoms with Crippen LogP contribution in [0.4, 0.5) is 8.78 Å². The summed E-state index contributed by atoms with van der Waals surface area (Å²) >= 11 is 3.42. The number of halogens is 3. The van der Waals surface area contributed by atoms with Crippen molar-refractivity contribution < 1.29 is 13.5 Å². The van der Waals surface area contributed by atoms with E-state index in [0.717, 1.165) is 29.7 Å². The number of benzene rings is 1. The van der Waals surface area contributed by atoms with Gasteiger partial charge >= 0.3 is 0 Å². The highest BCUT2D eigenvalue weighted by atomic mass is 79.9. The van der Waals surface area contributed by atoms with Crippen LogP contribution in [0, 0.1) is 0 Å². The van der Waals surface area contributed by atoms with Gasteiger partial charge in [0.15, 0.2) is 0 Å². The maximum atomic E-state index is 12.2. The monoisotopic (exact) mass is 333 g/mol. The molecule has 1 fully saturated rings. The number of piperidine rings is 1. The SMILES string of the molecule is FC(F)COc1ccc(Br)cc1CN1CCCCC1. The van der Waals surface area contributed by atoms with E-state index in [1.165, 1.54) is 19.3 Å². The highest BCUT2D eigenvalue weighted by Gasteiger charge is 2.14. The standard InChI is InChI=1S/C14H18BrF2NO/c15-12-4-5-13(19-10-14(16)17)11(8-12)9-18-6-2-1-3-7-18/h4-5,8,14H,1-3,6-7,9-10H2. The molecule has 1 aromatic carbocycles. The average Bonchev–Trinajstić information content (AvgIpc) is 2.39. The molecule has 1 saturated heterocycles. The van der Waals surface area contributed by atoms with Gasteiger partial charge in [-0.1, -0.05) is 22.4 Å². The van der Waals surface area contributed by atoms with Crippen molar-refractivity contribution >= 4 is 15.9 Å². The lowest BCUT2D eigenvalue weighted by molar-refractivity contribution is 0.0807. The van der Waals surface area contributed by atoms with Crippen molar-refractivity contribution in [3.63, 3.8) is 0 Å². The van der Waals surface area contributed by atoms with Crippen molar-refractivity contribution in [2.24, 2.45) is 0 Å². The van der Waals surface area contributed by atoms with Crippen LogP contribution in [0.1, 0.15) is 24.8 Å². The second-order valence-corrected chi connectivity index (χ2v) is 5.71. The van der Waals surface area contributed by atoms with E-state index in [0.29, 0.717) is 5.75 Å². The molecule has 1 aliphatic rings. The van der Waals surface area contributed by atoms with Crippen molar-refractivity contribution in [3.05, 3.63) is 28.2 Å². The average molecular weight is 334 g/mol. The third-order valence-electron chi connectivity index (χ3n) is 3.23. The van der Waals surface area contributed by atoms with Crippen LogP contribution in [-0.2, 0) is 6.54 Å². The van der Waals surface area contributed by atoms with E-state index in [-0.39, 0.29) is 0 Å². The molecule has 0 aromatic heterocycles. The highest BCUT2D eigenvalue weighted by molar-refractivity contribution is 9.10. The zero-order valence-electron chi connectivity index (χ0n) is 10.7. The Balaban J connectivity index is 2.05. The molecule has 1 heterocycles. The molecule has 5 heteroatoms. The van der Waals surface area contributed by atoms with Crippen LogP contribution in [0.5, 0.6) is 5.75 Å². The smallest absolute Gasteiger partial charge is 0.272 e. The molecule has 1 aromatic rings. The van der Waals surface area contributed by atoms with E-state index >= 15 is 0 Å². The Bertz CT molecular complexity index is 408. The number of ether oxygens (including phenoxy) is 1. The fraction of sp³-hybridized carbons (Fsp3) is 0.571. The molecular weight excluding hydrogens is 316 g/mol. The Morgan fingerprint density at radius 3 is 2.63 bits per heavy atom. The van der Waals surface area contributed by atoms with Crippen molar-refractivity contribution in [1.82, 2.24) is 4.90 Å². The van der Waals surface area contributed by atoms with Crippen molar-refractivity contribution in [3.8, 4) is 5.75 Å². The summed E-state index contributed by atoms with van der Waals surface area (Å²) in [5, 5.41) is 0. The van der Waals surface area contributed by atoms with Crippen LogP contribution in [0.3, 0.4) is 0 Å². The largest absolute Gasteiger partial charge is 0.487 e. The summed E-state index contributed by atoms with van der Waals surface area (Å²) in [5.74, 6) is 0.564. The van der Waals surface area contributed by atoms with Gasteiger partial charge in [0.2, 0.25) is 0 Å². The molecule has 0 unspecified atom stereocenters. The molecule has 0 aliphatic carbocycles. The second-order valence-electron chi connectivity index (χ2n) is 4.79. The third kappa shape index (κ3) is 4.73. The number of rotatable bonds is 5. The minimum atomic E-state index is -2.44. The van der Waals surface area contributed by atoms with Gasteiger partial charge < -0.3 is 4.74 Å². The van der Waals surface area contributed by atoms with Gasteiger partial charge in [-0.3, -0.25) is 4.90 Å². The molecule has 2 nitrogen and oxygen atoms in total. The maximum absolute atomic E-state index is 12.2. The van der Waals surface area contributed by atoms with Gasteiger partial charge in [-0.2, -0.15) is 0 Å². The predicted octanol–water partition coefficient (Wildman–Crippen LogP) is 4.08. The first-order valence-electron chi connectivity index (χ1n) is 6.57. The van der Waals surface area contributed by atoms with Gasteiger partial charge in [-0.05, 0) is 44.1 Å². The summed E-state index contributed by atoms with van der Waals surface area (Å²) in [6.45, 7) is 2.36. The Labute approximate surface area is 120 Å². The molecule has 0 spiro atoms. The Morgan fingerprint density at radius 2 is 1.95 bits per heavy atom. The van der Waals surface area contributed by atoms with Gasteiger partial charge in [0.1, 0.15) is 12.4 Å². The molecule has 0 radical (unpaired) electrons. The van der Waals surface area contributed by atoms with Gasteiger partial charge in [0.05, 0.1) is 0 Å². The van der Waals surface area contributed by atoms with E-state index in [4.69, 9.17) is 4.74 Å². The minimum absolute atomic E-state index is 0.547. The summed E-state index contributed by atoms with van der Waals surface area (Å²) < 4.78 is 30.6. The van der Waals surface area contributed by atoms with Crippen LogP contribution in [0.2, 0.25) is 0 Å². The Morgan fingerprint density at radius 1 is 1.21 bits per heavy atom. The predicted molar refractivity (Wildman–Crippen MR) is 74.8 cm³/mol. The zero-order chi connectivity index (χ0) is 13.7. The first kappa shape index (κ1) is 14.7. The van der Waals surface area contributed by atoms with Crippen LogP contribution < -0.4 is 4.74 Å². The fourth-order valence-electron chi connectivity index (χ4n) is 2.32. The van der Waals surface area contributed by atoms with Gasteiger partial charge in [-0.15, -0.1) is 0 Å². The van der Waals surface area contributed by atoms with Crippen LogP contribution in [0.25, 0.3) is 0 Å². The molecule has 0 saturated carbocycles. The normalized spacial score (nSPS) is 16.8. The lowest BCUT2D eigenvalue weighted by Crippen LogP contribution is -2.29. The first-order chi connectivity index (χ1) is 9.15. The van der Waals surface area contributed by atoms with Crippen molar-refractivity contribution in [2.45, 2.75) is 32.2 Å². The molecule has 0 amide bonds. The fourth-order valence-corrected chi connectivity index (χ4v) is 2.73. The number of nitrogens with zero attached hydrogens (tertiary/aromatic N) is 1. The first-order valence-corrected chi connectivity index (χ1v) is 7.36. The van der Waals surface area contributed by atoms with E-state index < -0.39 is 13.0 Å². The molecule has 19 heavy (non-hydrogen) atoms. The zero-order valence-corrected chi connectivity index (χ0v) is 12.3. The number of likely N-dealkylation sites (tertiary alicyclic amines) is 1. The molecule has 0 atom stereocenters.